The van der Waals surface area contributed by atoms with E-state index in [4.69, 9.17) is 0 Å². The van der Waals surface area contributed by atoms with Crippen LogP contribution in [-0.4, -0.2) is 31.4 Å². The summed E-state index contributed by atoms with van der Waals surface area (Å²) in [6.07, 6.45) is 0. The van der Waals surface area contributed by atoms with Crippen LogP contribution in [-0.2, 0) is 4.79 Å². The number of rotatable bonds is 5. The number of hydrogen-bond donors (Lipinski definition) is 0. The lowest BCUT2D eigenvalue weighted by Crippen LogP contribution is -2.38. The van der Waals surface area contributed by atoms with Gasteiger partial charge in [0.15, 0.2) is 0 Å². The second-order valence-electron chi connectivity index (χ2n) is 5.34. The first-order valence-corrected chi connectivity index (χ1v) is 7.16. The molecule has 1 atom stereocenters. The summed E-state index contributed by atoms with van der Waals surface area (Å²) >= 11 is 0. The first-order valence-electron chi connectivity index (χ1n) is 7.16. The zero-order valence-electron chi connectivity index (χ0n) is 12.9. The minimum Gasteiger partial charge on any atom is -0.355 e. The first kappa shape index (κ1) is 15.1. The third-order valence-electron chi connectivity index (χ3n) is 3.64. The van der Waals surface area contributed by atoms with E-state index in [2.05, 4.69) is 24.0 Å². The number of nitrogens with zero attached hydrogens (tertiary/aromatic N) is 2. The lowest BCUT2D eigenvalue weighted by molar-refractivity contribution is -0.127. The zero-order valence-corrected chi connectivity index (χ0v) is 12.9. The third-order valence-corrected chi connectivity index (χ3v) is 3.64. The molecule has 0 aliphatic heterocycles. The normalized spacial score (nSPS) is 11.8. The Morgan fingerprint density at radius 1 is 0.952 bits per heavy atom. The summed E-state index contributed by atoms with van der Waals surface area (Å²) < 4.78 is 0. The van der Waals surface area contributed by atoms with Crippen LogP contribution in [0, 0.1) is 0 Å². The standard InChI is InChI=1S/C18H22N2O/c1-15(16-10-6-4-7-11-16)20(14-18(21)19(2)3)17-12-8-5-9-13-17/h4-13,15H,14H2,1-3H3/t15-/m1/s1. The number of carbonyl (C=O) groups is 1. The first-order chi connectivity index (χ1) is 10.1. The molecule has 0 aliphatic rings. The average molecular weight is 282 g/mol. The Kier molecular flexibility index (Phi) is 4.99. The quantitative estimate of drug-likeness (QED) is 0.839. The summed E-state index contributed by atoms with van der Waals surface area (Å²) in [4.78, 5) is 15.9. The second kappa shape index (κ2) is 6.93. The number of likely N-dealkylation sites (N-methyl/N-ethyl adjacent to an activating group) is 1. The SMILES string of the molecule is C[C@H](c1ccccc1)N(CC(=O)N(C)C)c1ccccc1. The molecule has 3 nitrogen and oxygen atoms in total. The van der Waals surface area contributed by atoms with Crippen molar-refractivity contribution in [2.24, 2.45) is 0 Å². The molecule has 110 valence electrons. The summed E-state index contributed by atoms with van der Waals surface area (Å²) in [5.74, 6) is 0.0987. The van der Waals surface area contributed by atoms with Gasteiger partial charge in [-0.1, -0.05) is 48.5 Å². The van der Waals surface area contributed by atoms with Gasteiger partial charge in [-0.15, -0.1) is 0 Å². The van der Waals surface area contributed by atoms with Crippen LogP contribution >= 0.6 is 0 Å². The highest BCUT2D eigenvalue weighted by Gasteiger charge is 2.19. The Morgan fingerprint density at radius 2 is 1.48 bits per heavy atom. The van der Waals surface area contributed by atoms with Crippen LogP contribution in [0.25, 0.3) is 0 Å². The smallest absolute Gasteiger partial charge is 0.241 e. The second-order valence-corrected chi connectivity index (χ2v) is 5.34. The molecular formula is C18H22N2O. The molecule has 0 spiro atoms. The molecule has 1 amide bonds. The topological polar surface area (TPSA) is 23.6 Å². The number of benzene rings is 2. The summed E-state index contributed by atoms with van der Waals surface area (Å²) in [7, 11) is 3.58. The lowest BCUT2D eigenvalue weighted by atomic mass is 10.1. The Hall–Kier alpha value is -2.29. The molecule has 2 rings (SSSR count). The average Bonchev–Trinajstić information content (AvgIpc) is 2.53. The molecule has 2 aromatic carbocycles. The van der Waals surface area contributed by atoms with Crippen LogP contribution in [0.3, 0.4) is 0 Å². The fraction of sp³-hybridized carbons (Fsp3) is 0.278. The molecule has 0 aromatic heterocycles. The van der Waals surface area contributed by atoms with E-state index in [1.165, 1.54) is 5.56 Å². The van der Waals surface area contributed by atoms with Gasteiger partial charge in [0.25, 0.3) is 0 Å². The number of carbonyl (C=O) groups excluding carboxylic acids is 1. The Morgan fingerprint density at radius 3 is 2.00 bits per heavy atom. The van der Waals surface area contributed by atoms with Gasteiger partial charge in [0.1, 0.15) is 0 Å². The fourth-order valence-electron chi connectivity index (χ4n) is 2.27. The van der Waals surface area contributed by atoms with Gasteiger partial charge in [0.05, 0.1) is 12.6 Å². The molecule has 3 heteroatoms. The molecule has 0 saturated heterocycles. The molecule has 0 fully saturated rings. The van der Waals surface area contributed by atoms with Gasteiger partial charge in [-0.05, 0) is 24.6 Å². The maximum absolute atomic E-state index is 12.1. The van der Waals surface area contributed by atoms with Crippen LogP contribution < -0.4 is 4.90 Å². The molecule has 0 radical (unpaired) electrons. The third kappa shape index (κ3) is 3.85. The predicted octanol–water partition coefficient (Wildman–Crippen LogP) is 3.34. The molecule has 0 bridgehead atoms. The molecule has 0 aliphatic carbocycles. The van der Waals surface area contributed by atoms with Gasteiger partial charge in [-0.2, -0.15) is 0 Å². The van der Waals surface area contributed by atoms with Crippen molar-refractivity contribution in [2.45, 2.75) is 13.0 Å². The van der Waals surface area contributed by atoms with E-state index in [9.17, 15) is 4.79 Å². The summed E-state index contributed by atoms with van der Waals surface area (Å²) in [6, 6.07) is 20.5. The summed E-state index contributed by atoms with van der Waals surface area (Å²) in [6.45, 7) is 2.50. The van der Waals surface area contributed by atoms with Crippen LogP contribution in [0.5, 0.6) is 0 Å². The minimum absolute atomic E-state index is 0.0987. The Balaban J connectivity index is 2.30. The Labute approximate surface area is 126 Å². The molecule has 0 saturated carbocycles. The van der Waals surface area contributed by atoms with Crippen molar-refractivity contribution >= 4 is 11.6 Å². The van der Waals surface area contributed by atoms with Gasteiger partial charge in [-0.3, -0.25) is 4.79 Å². The number of para-hydroxylation sites is 1. The van der Waals surface area contributed by atoms with Crippen molar-refractivity contribution in [3.05, 3.63) is 66.2 Å². The van der Waals surface area contributed by atoms with Gasteiger partial charge in [-0.25, -0.2) is 0 Å². The van der Waals surface area contributed by atoms with Gasteiger partial charge in [0, 0.05) is 19.8 Å². The van der Waals surface area contributed by atoms with Gasteiger partial charge >= 0.3 is 0 Å². The highest BCUT2D eigenvalue weighted by atomic mass is 16.2. The largest absolute Gasteiger partial charge is 0.355 e. The van der Waals surface area contributed by atoms with Crippen LogP contribution in [0.4, 0.5) is 5.69 Å². The van der Waals surface area contributed by atoms with E-state index >= 15 is 0 Å². The van der Waals surface area contributed by atoms with E-state index in [1.54, 1.807) is 19.0 Å². The molecule has 0 heterocycles. The Bertz CT molecular complexity index is 566. The number of hydrogen-bond acceptors (Lipinski definition) is 2. The number of anilines is 1. The molecule has 0 N–H and O–H groups in total. The van der Waals surface area contributed by atoms with E-state index in [0.717, 1.165) is 5.69 Å². The van der Waals surface area contributed by atoms with Crippen molar-refractivity contribution in [3.8, 4) is 0 Å². The van der Waals surface area contributed by atoms with Crippen molar-refractivity contribution in [1.82, 2.24) is 4.90 Å². The van der Waals surface area contributed by atoms with Crippen LogP contribution in [0.1, 0.15) is 18.5 Å². The molecular weight excluding hydrogens is 260 g/mol. The van der Waals surface area contributed by atoms with Crippen LogP contribution in [0.15, 0.2) is 60.7 Å². The van der Waals surface area contributed by atoms with E-state index in [1.807, 2.05) is 48.5 Å². The van der Waals surface area contributed by atoms with Crippen molar-refractivity contribution in [3.63, 3.8) is 0 Å². The van der Waals surface area contributed by atoms with E-state index < -0.39 is 0 Å². The van der Waals surface area contributed by atoms with Gasteiger partial charge < -0.3 is 9.80 Å². The maximum atomic E-state index is 12.1. The highest BCUT2D eigenvalue weighted by Crippen LogP contribution is 2.26. The molecule has 0 unspecified atom stereocenters. The van der Waals surface area contributed by atoms with Crippen molar-refractivity contribution in [2.75, 3.05) is 25.5 Å². The van der Waals surface area contributed by atoms with Crippen LogP contribution in [0.2, 0.25) is 0 Å². The van der Waals surface area contributed by atoms with Crippen molar-refractivity contribution in [1.29, 1.82) is 0 Å². The predicted molar refractivity (Wildman–Crippen MR) is 87.3 cm³/mol. The zero-order chi connectivity index (χ0) is 15.2. The minimum atomic E-state index is 0.0987. The fourth-order valence-corrected chi connectivity index (χ4v) is 2.27. The van der Waals surface area contributed by atoms with E-state index in [-0.39, 0.29) is 11.9 Å². The highest BCUT2D eigenvalue weighted by molar-refractivity contribution is 5.81. The monoisotopic (exact) mass is 282 g/mol. The summed E-state index contributed by atoms with van der Waals surface area (Å²) in [5.41, 5.74) is 2.26. The lowest BCUT2D eigenvalue weighted by Gasteiger charge is -2.32. The van der Waals surface area contributed by atoms with Crippen molar-refractivity contribution < 1.29 is 4.79 Å². The van der Waals surface area contributed by atoms with E-state index in [0.29, 0.717) is 6.54 Å². The summed E-state index contributed by atoms with van der Waals surface area (Å²) in [5, 5.41) is 0. The molecule has 2 aromatic rings. The van der Waals surface area contributed by atoms with Gasteiger partial charge in [0.2, 0.25) is 5.91 Å². The maximum Gasteiger partial charge on any atom is 0.241 e. The molecule has 21 heavy (non-hydrogen) atoms. The number of amides is 1.